The lowest BCUT2D eigenvalue weighted by Crippen LogP contribution is -2.15. The molecule has 0 aromatic heterocycles. The molecular weight excluding hydrogens is 242 g/mol. The van der Waals surface area contributed by atoms with Crippen molar-refractivity contribution in [3.63, 3.8) is 0 Å². The van der Waals surface area contributed by atoms with Gasteiger partial charge in [0.25, 0.3) is 0 Å². The molecule has 0 aliphatic rings. The van der Waals surface area contributed by atoms with Crippen LogP contribution < -0.4 is 5.32 Å². The van der Waals surface area contributed by atoms with Gasteiger partial charge in [0.15, 0.2) is 0 Å². The first kappa shape index (κ1) is 16.1. The van der Waals surface area contributed by atoms with E-state index < -0.39 is 0 Å². The Balaban J connectivity index is 1.95. The predicted octanol–water partition coefficient (Wildman–Crippen LogP) is 1.71. The molecule has 0 fully saturated rings. The third kappa shape index (κ3) is 7.95. The van der Waals surface area contributed by atoms with Crippen LogP contribution in [0.15, 0.2) is 24.3 Å². The quantitative estimate of drug-likeness (QED) is 0.599. The monoisotopic (exact) mass is 267 g/mol. The van der Waals surface area contributed by atoms with E-state index in [1.165, 1.54) is 5.56 Å². The maximum absolute atomic E-state index is 8.94. The Kier molecular flexibility index (Phi) is 9.27. The van der Waals surface area contributed by atoms with Gasteiger partial charge in [0.05, 0.1) is 19.8 Å². The summed E-state index contributed by atoms with van der Waals surface area (Å²) in [5, 5.41) is 12.3. The molecule has 4 nitrogen and oxygen atoms in total. The number of hydrogen-bond donors (Lipinski definition) is 2. The van der Waals surface area contributed by atoms with Crippen molar-refractivity contribution in [3.8, 4) is 0 Å². The van der Waals surface area contributed by atoms with Crippen LogP contribution in [0.1, 0.15) is 24.0 Å². The fourth-order valence-corrected chi connectivity index (χ4v) is 1.69. The molecule has 4 heteroatoms. The first-order valence-corrected chi connectivity index (χ1v) is 6.83. The molecule has 0 spiro atoms. The van der Waals surface area contributed by atoms with E-state index in [0.29, 0.717) is 13.2 Å². The minimum Gasteiger partial charge on any atom is -0.392 e. The smallest absolute Gasteiger partial charge is 0.0700 e. The summed E-state index contributed by atoms with van der Waals surface area (Å²) < 4.78 is 10.3. The van der Waals surface area contributed by atoms with Gasteiger partial charge >= 0.3 is 0 Å². The summed E-state index contributed by atoms with van der Waals surface area (Å²) in [5.74, 6) is 0. The lowest BCUT2D eigenvalue weighted by atomic mass is 10.1. The predicted molar refractivity (Wildman–Crippen MR) is 76.0 cm³/mol. The molecule has 0 radical (unpaired) electrons. The third-order valence-electron chi connectivity index (χ3n) is 2.86. The van der Waals surface area contributed by atoms with Crippen molar-refractivity contribution in [1.82, 2.24) is 5.32 Å². The first-order valence-electron chi connectivity index (χ1n) is 6.83. The Bertz CT molecular complexity index is 314. The van der Waals surface area contributed by atoms with Gasteiger partial charge in [-0.25, -0.2) is 0 Å². The van der Waals surface area contributed by atoms with E-state index in [0.717, 1.165) is 38.1 Å². The number of methoxy groups -OCH3 is 1. The number of hydrogen-bond acceptors (Lipinski definition) is 4. The van der Waals surface area contributed by atoms with E-state index in [9.17, 15) is 0 Å². The van der Waals surface area contributed by atoms with Gasteiger partial charge in [0, 0.05) is 20.3 Å². The lowest BCUT2D eigenvalue weighted by molar-refractivity contribution is 0.0688. The molecule has 0 saturated heterocycles. The Morgan fingerprint density at radius 3 is 2.42 bits per heavy atom. The number of unbranched alkanes of at least 4 members (excludes halogenated alkanes) is 1. The number of aliphatic hydroxyl groups is 1. The van der Waals surface area contributed by atoms with Crippen molar-refractivity contribution in [2.45, 2.75) is 26.0 Å². The van der Waals surface area contributed by atoms with Crippen molar-refractivity contribution in [2.24, 2.45) is 0 Å². The van der Waals surface area contributed by atoms with Crippen molar-refractivity contribution < 1.29 is 14.6 Å². The minimum absolute atomic E-state index is 0.108. The lowest BCUT2D eigenvalue weighted by Gasteiger charge is -2.06. The highest BCUT2D eigenvalue weighted by molar-refractivity contribution is 5.21. The highest BCUT2D eigenvalue weighted by Crippen LogP contribution is 2.03. The van der Waals surface area contributed by atoms with Crippen LogP contribution in [0.2, 0.25) is 0 Å². The molecule has 0 amide bonds. The van der Waals surface area contributed by atoms with Crippen LogP contribution in [-0.4, -0.2) is 38.6 Å². The summed E-state index contributed by atoms with van der Waals surface area (Å²) in [5.41, 5.74) is 2.20. The van der Waals surface area contributed by atoms with Gasteiger partial charge in [-0.2, -0.15) is 0 Å². The zero-order valence-corrected chi connectivity index (χ0v) is 11.7. The van der Waals surface area contributed by atoms with Crippen molar-refractivity contribution in [3.05, 3.63) is 35.4 Å². The molecule has 1 aromatic carbocycles. The average molecular weight is 267 g/mol. The van der Waals surface area contributed by atoms with Gasteiger partial charge in [0.2, 0.25) is 0 Å². The molecule has 0 heterocycles. The maximum Gasteiger partial charge on any atom is 0.0700 e. The summed E-state index contributed by atoms with van der Waals surface area (Å²) in [7, 11) is 1.68. The Morgan fingerprint density at radius 1 is 1.00 bits per heavy atom. The SMILES string of the molecule is COCCOCCCCNCc1ccc(CO)cc1. The van der Waals surface area contributed by atoms with E-state index >= 15 is 0 Å². The summed E-state index contributed by atoms with van der Waals surface area (Å²) in [6.07, 6.45) is 2.18. The molecule has 0 bridgehead atoms. The van der Waals surface area contributed by atoms with Gasteiger partial charge in [-0.15, -0.1) is 0 Å². The number of ether oxygens (including phenoxy) is 2. The van der Waals surface area contributed by atoms with E-state index in [-0.39, 0.29) is 6.61 Å². The molecule has 0 saturated carbocycles. The third-order valence-corrected chi connectivity index (χ3v) is 2.86. The molecule has 1 aromatic rings. The first-order chi connectivity index (χ1) is 9.36. The molecular formula is C15H25NO3. The number of benzene rings is 1. The minimum atomic E-state index is 0.108. The summed E-state index contributed by atoms with van der Waals surface area (Å²) in [4.78, 5) is 0. The van der Waals surface area contributed by atoms with Crippen molar-refractivity contribution >= 4 is 0 Å². The largest absolute Gasteiger partial charge is 0.392 e. The Morgan fingerprint density at radius 2 is 1.74 bits per heavy atom. The second kappa shape index (κ2) is 10.9. The fourth-order valence-electron chi connectivity index (χ4n) is 1.69. The van der Waals surface area contributed by atoms with Crippen LogP contribution >= 0.6 is 0 Å². The molecule has 2 N–H and O–H groups in total. The van der Waals surface area contributed by atoms with Gasteiger partial charge < -0.3 is 19.9 Å². The number of aliphatic hydroxyl groups excluding tert-OH is 1. The molecule has 1 rings (SSSR count). The number of rotatable bonds is 11. The molecule has 108 valence electrons. The zero-order chi connectivity index (χ0) is 13.8. The van der Waals surface area contributed by atoms with Crippen molar-refractivity contribution in [1.29, 1.82) is 0 Å². The van der Waals surface area contributed by atoms with Crippen molar-refractivity contribution in [2.75, 3.05) is 33.5 Å². The molecule has 0 unspecified atom stereocenters. The normalized spacial score (nSPS) is 10.8. The average Bonchev–Trinajstić information content (AvgIpc) is 2.46. The Labute approximate surface area is 115 Å². The van der Waals surface area contributed by atoms with Crippen LogP contribution in [-0.2, 0) is 22.6 Å². The second-order valence-electron chi connectivity index (χ2n) is 4.46. The molecule has 19 heavy (non-hydrogen) atoms. The second-order valence-corrected chi connectivity index (χ2v) is 4.46. The van der Waals surface area contributed by atoms with Crippen LogP contribution in [0, 0.1) is 0 Å². The highest BCUT2D eigenvalue weighted by atomic mass is 16.5. The van der Waals surface area contributed by atoms with E-state index in [2.05, 4.69) is 5.32 Å². The van der Waals surface area contributed by atoms with E-state index in [1.807, 2.05) is 24.3 Å². The van der Waals surface area contributed by atoms with Crippen LogP contribution in [0.3, 0.4) is 0 Å². The summed E-state index contributed by atoms with van der Waals surface area (Å²) >= 11 is 0. The fraction of sp³-hybridized carbons (Fsp3) is 0.600. The maximum atomic E-state index is 8.94. The summed E-state index contributed by atoms with van der Waals surface area (Å²) in [6, 6.07) is 8.01. The van der Waals surface area contributed by atoms with E-state index in [4.69, 9.17) is 14.6 Å². The molecule has 0 aliphatic heterocycles. The summed E-state index contributed by atoms with van der Waals surface area (Å²) in [6.45, 7) is 4.13. The van der Waals surface area contributed by atoms with E-state index in [1.54, 1.807) is 7.11 Å². The number of nitrogens with one attached hydrogen (secondary N) is 1. The van der Waals surface area contributed by atoms with Gasteiger partial charge in [-0.1, -0.05) is 24.3 Å². The highest BCUT2D eigenvalue weighted by Gasteiger charge is 1.94. The van der Waals surface area contributed by atoms with Crippen LogP contribution in [0.4, 0.5) is 0 Å². The Hall–Kier alpha value is -0.940. The van der Waals surface area contributed by atoms with Gasteiger partial charge in [0.1, 0.15) is 0 Å². The molecule has 0 atom stereocenters. The topological polar surface area (TPSA) is 50.7 Å². The molecule has 0 aliphatic carbocycles. The van der Waals surface area contributed by atoms with Crippen LogP contribution in [0.5, 0.6) is 0 Å². The van der Waals surface area contributed by atoms with Crippen LogP contribution in [0.25, 0.3) is 0 Å². The van der Waals surface area contributed by atoms with Gasteiger partial charge in [-0.05, 0) is 30.5 Å². The zero-order valence-electron chi connectivity index (χ0n) is 11.7. The standard InChI is InChI=1S/C15H25NO3/c1-18-10-11-19-9-3-2-8-16-12-14-4-6-15(13-17)7-5-14/h4-7,16-17H,2-3,8-13H2,1H3. The van der Waals surface area contributed by atoms with Gasteiger partial charge in [-0.3, -0.25) is 0 Å².